The first-order valence-corrected chi connectivity index (χ1v) is 8.69. The second-order valence-corrected chi connectivity index (χ2v) is 7.36. The predicted octanol–water partition coefficient (Wildman–Crippen LogP) is 2.85. The van der Waals surface area contributed by atoms with Gasteiger partial charge in [-0.2, -0.15) is 0 Å². The van der Waals surface area contributed by atoms with Gasteiger partial charge >= 0.3 is 5.97 Å². The Bertz CT molecular complexity index is 766. The molecule has 5 nitrogen and oxygen atoms in total. The third-order valence-corrected chi connectivity index (χ3v) is 5.95. The number of hydrogen-bond donors (Lipinski definition) is 1. The molecule has 0 aromatic carbocycles. The van der Waals surface area contributed by atoms with E-state index in [1.807, 2.05) is 5.38 Å². The molecule has 1 N–H and O–H groups in total. The molecule has 0 radical (unpaired) electrons. The van der Waals surface area contributed by atoms with E-state index in [1.54, 1.807) is 6.07 Å². The summed E-state index contributed by atoms with van der Waals surface area (Å²) in [4.78, 5) is 30.8. The molecule has 2 aliphatic rings. The van der Waals surface area contributed by atoms with Crippen LogP contribution in [0.3, 0.4) is 0 Å². The SMILES string of the molecule is O=C(C[C@H]1C[C@H]2CC[C@@H]1C2)OCc1nc2ccsc2c(=O)[nH]1. The highest BCUT2D eigenvalue weighted by molar-refractivity contribution is 7.17. The van der Waals surface area contributed by atoms with Crippen molar-refractivity contribution in [3.63, 3.8) is 0 Å². The summed E-state index contributed by atoms with van der Waals surface area (Å²) in [6, 6.07) is 1.80. The summed E-state index contributed by atoms with van der Waals surface area (Å²) >= 11 is 1.36. The summed E-state index contributed by atoms with van der Waals surface area (Å²) in [6.45, 7) is 0.0423. The summed E-state index contributed by atoms with van der Waals surface area (Å²) in [5.74, 6) is 2.29. The summed E-state index contributed by atoms with van der Waals surface area (Å²) in [5, 5.41) is 1.83. The lowest BCUT2D eigenvalue weighted by atomic mass is 9.86. The molecule has 2 aromatic heterocycles. The number of carbonyl (C=O) groups excluding carboxylic acids is 1. The maximum Gasteiger partial charge on any atom is 0.306 e. The molecule has 2 heterocycles. The van der Waals surface area contributed by atoms with Crippen molar-refractivity contribution in [1.82, 2.24) is 9.97 Å². The van der Waals surface area contributed by atoms with Gasteiger partial charge in [-0.05, 0) is 48.5 Å². The minimum absolute atomic E-state index is 0.0423. The Hall–Kier alpha value is -1.69. The van der Waals surface area contributed by atoms with Crippen molar-refractivity contribution in [3.8, 4) is 0 Å². The Balaban J connectivity index is 1.37. The molecule has 0 amide bonds. The number of fused-ring (bicyclic) bond motifs is 3. The Morgan fingerprint density at radius 3 is 3.09 bits per heavy atom. The van der Waals surface area contributed by atoms with Gasteiger partial charge in [0.25, 0.3) is 5.56 Å². The molecule has 2 aromatic rings. The highest BCUT2D eigenvalue weighted by Crippen LogP contribution is 2.49. The van der Waals surface area contributed by atoms with Gasteiger partial charge in [0.2, 0.25) is 0 Å². The van der Waals surface area contributed by atoms with Crippen molar-refractivity contribution in [2.24, 2.45) is 17.8 Å². The van der Waals surface area contributed by atoms with Crippen LogP contribution in [0.1, 0.15) is 37.9 Å². The first kappa shape index (κ1) is 13.9. The quantitative estimate of drug-likeness (QED) is 0.880. The fourth-order valence-electron chi connectivity index (χ4n) is 4.04. The fourth-order valence-corrected chi connectivity index (χ4v) is 4.76. The summed E-state index contributed by atoms with van der Waals surface area (Å²) in [6.07, 6.45) is 5.58. The van der Waals surface area contributed by atoms with Crippen LogP contribution in [0, 0.1) is 17.8 Å². The van der Waals surface area contributed by atoms with Crippen LogP contribution in [0.4, 0.5) is 0 Å². The highest BCUT2D eigenvalue weighted by atomic mass is 32.1. The maximum atomic E-state index is 12.0. The highest BCUT2D eigenvalue weighted by Gasteiger charge is 2.40. The van der Waals surface area contributed by atoms with Crippen LogP contribution in [0.5, 0.6) is 0 Å². The number of thiophene rings is 1. The van der Waals surface area contributed by atoms with Crippen molar-refractivity contribution in [2.45, 2.75) is 38.7 Å². The van der Waals surface area contributed by atoms with Gasteiger partial charge in [-0.1, -0.05) is 6.42 Å². The number of hydrogen-bond acceptors (Lipinski definition) is 5. The Kier molecular flexibility index (Phi) is 3.48. The summed E-state index contributed by atoms with van der Waals surface area (Å²) in [7, 11) is 0. The number of rotatable bonds is 4. The van der Waals surface area contributed by atoms with Gasteiger partial charge < -0.3 is 9.72 Å². The molecule has 2 fully saturated rings. The monoisotopic (exact) mass is 318 g/mol. The van der Waals surface area contributed by atoms with Crippen LogP contribution in [0.2, 0.25) is 0 Å². The minimum atomic E-state index is -0.175. The first-order chi connectivity index (χ1) is 10.7. The molecular formula is C16H18N2O3S. The molecule has 0 aliphatic heterocycles. The van der Waals surface area contributed by atoms with Gasteiger partial charge in [-0.25, -0.2) is 4.98 Å². The molecule has 3 atom stereocenters. The molecule has 116 valence electrons. The molecular weight excluding hydrogens is 300 g/mol. The molecule has 6 heteroatoms. The fraction of sp³-hybridized carbons (Fsp3) is 0.562. The van der Waals surface area contributed by atoms with Crippen LogP contribution in [0.25, 0.3) is 10.2 Å². The zero-order chi connectivity index (χ0) is 15.1. The largest absolute Gasteiger partial charge is 0.458 e. The number of aromatic amines is 1. The van der Waals surface area contributed by atoms with E-state index in [9.17, 15) is 9.59 Å². The van der Waals surface area contributed by atoms with Crippen LogP contribution in [0.15, 0.2) is 16.2 Å². The maximum absolute atomic E-state index is 12.0. The number of nitrogens with one attached hydrogen (secondary N) is 1. The van der Waals surface area contributed by atoms with E-state index in [0.29, 0.717) is 28.4 Å². The average molecular weight is 318 g/mol. The van der Waals surface area contributed by atoms with Crippen LogP contribution < -0.4 is 5.56 Å². The van der Waals surface area contributed by atoms with Gasteiger partial charge in [0, 0.05) is 6.42 Å². The van der Waals surface area contributed by atoms with Crippen molar-refractivity contribution in [2.75, 3.05) is 0 Å². The van der Waals surface area contributed by atoms with E-state index in [0.717, 1.165) is 11.8 Å². The molecule has 0 unspecified atom stereocenters. The predicted molar refractivity (Wildman–Crippen MR) is 83.6 cm³/mol. The normalized spacial score (nSPS) is 26.6. The van der Waals surface area contributed by atoms with Gasteiger partial charge in [-0.15, -0.1) is 11.3 Å². The number of nitrogens with zero attached hydrogens (tertiary/aromatic N) is 1. The minimum Gasteiger partial charge on any atom is -0.458 e. The van der Waals surface area contributed by atoms with E-state index in [2.05, 4.69) is 9.97 Å². The standard InChI is InChI=1S/C16H18N2O3S/c19-14(7-11-6-9-1-2-10(11)5-9)21-8-13-17-12-3-4-22-15(12)16(20)18-13/h3-4,9-11H,1-2,5-8H2,(H,17,18,20)/t9-,10+,11+/m0/s1. The molecule has 4 rings (SSSR count). The van der Waals surface area contributed by atoms with E-state index in [4.69, 9.17) is 4.74 Å². The number of carbonyl (C=O) groups is 1. The molecule has 2 aliphatic carbocycles. The van der Waals surface area contributed by atoms with E-state index >= 15 is 0 Å². The van der Waals surface area contributed by atoms with Crippen molar-refractivity contribution < 1.29 is 9.53 Å². The summed E-state index contributed by atoms with van der Waals surface area (Å²) in [5.41, 5.74) is 0.493. The molecule has 2 saturated carbocycles. The van der Waals surface area contributed by atoms with Gasteiger partial charge in [0.1, 0.15) is 17.1 Å². The van der Waals surface area contributed by atoms with Gasteiger partial charge in [0.05, 0.1) is 5.52 Å². The lowest BCUT2D eigenvalue weighted by Gasteiger charge is -2.20. The topological polar surface area (TPSA) is 72.0 Å². The zero-order valence-corrected chi connectivity index (χ0v) is 13.0. The average Bonchev–Trinajstić information content (AvgIpc) is 3.20. The number of H-pyrrole nitrogens is 1. The zero-order valence-electron chi connectivity index (χ0n) is 12.2. The third kappa shape index (κ3) is 2.56. The van der Waals surface area contributed by atoms with Crippen LogP contribution in [-0.4, -0.2) is 15.9 Å². The second-order valence-electron chi connectivity index (χ2n) is 6.45. The first-order valence-electron chi connectivity index (χ1n) is 7.81. The second kappa shape index (κ2) is 5.50. The number of aromatic nitrogens is 2. The van der Waals surface area contributed by atoms with E-state index < -0.39 is 0 Å². The van der Waals surface area contributed by atoms with E-state index in [-0.39, 0.29) is 18.1 Å². The molecule has 0 saturated heterocycles. The van der Waals surface area contributed by atoms with Gasteiger partial charge in [-0.3, -0.25) is 9.59 Å². The van der Waals surface area contributed by atoms with Crippen molar-refractivity contribution in [3.05, 3.63) is 27.6 Å². The third-order valence-electron chi connectivity index (χ3n) is 5.05. The lowest BCUT2D eigenvalue weighted by Crippen LogP contribution is -2.18. The van der Waals surface area contributed by atoms with Crippen molar-refractivity contribution >= 4 is 27.5 Å². The Labute approximate surface area is 131 Å². The smallest absolute Gasteiger partial charge is 0.306 e. The van der Waals surface area contributed by atoms with Gasteiger partial charge in [0.15, 0.2) is 0 Å². The van der Waals surface area contributed by atoms with Crippen molar-refractivity contribution in [1.29, 1.82) is 0 Å². The van der Waals surface area contributed by atoms with E-state index in [1.165, 1.54) is 37.0 Å². The number of esters is 1. The lowest BCUT2D eigenvalue weighted by molar-refractivity contribution is -0.146. The molecule has 22 heavy (non-hydrogen) atoms. The Morgan fingerprint density at radius 2 is 2.32 bits per heavy atom. The number of ether oxygens (including phenoxy) is 1. The van der Waals surface area contributed by atoms with Crippen LogP contribution in [-0.2, 0) is 16.1 Å². The Morgan fingerprint density at radius 1 is 1.41 bits per heavy atom. The molecule has 0 spiro atoms. The van der Waals surface area contributed by atoms with Crippen LogP contribution >= 0.6 is 11.3 Å². The molecule has 2 bridgehead atoms. The summed E-state index contributed by atoms with van der Waals surface area (Å²) < 4.78 is 5.92.